The van der Waals surface area contributed by atoms with Crippen molar-refractivity contribution in [2.24, 2.45) is 5.10 Å². The standard InChI is InChI=1S/C16H12ClN3O6/c17-10-5-9(15(21)11(6-10)20(23)24)7-18-19-16(22)14-8-25-12-3-1-2-4-13(12)26-14/h1-7,14,21H,8H2,(H,19,22)/p-1/b18-7-/t14-/m1/s1. The predicted molar refractivity (Wildman–Crippen MR) is 89.6 cm³/mol. The van der Waals surface area contributed by atoms with Crippen LogP contribution in [-0.2, 0) is 4.79 Å². The number of halogens is 1. The van der Waals surface area contributed by atoms with Crippen molar-refractivity contribution in [3.63, 3.8) is 0 Å². The highest BCUT2D eigenvalue weighted by Gasteiger charge is 2.27. The lowest BCUT2D eigenvalue weighted by Gasteiger charge is -2.24. The molecule has 3 rings (SSSR count). The number of carbonyl (C=O) groups is 1. The Bertz CT molecular complexity index is 902. The molecule has 0 saturated heterocycles. The number of rotatable bonds is 4. The van der Waals surface area contributed by atoms with Gasteiger partial charge in [-0.05, 0) is 29.5 Å². The van der Waals surface area contributed by atoms with Crippen LogP contribution in [-0.4, -0.2) is 29.8 Å². The van der Waals surface area contributed by atoms with E-state index in [9.17, 15) is 20.0 Å². The van der Waals surface area contributed by atoms with Gasteiger partial charge in [0.15, 0.2) is 11.5 Å². The summed E-state index contributed by atoms with van der Waals surface area (Å²) in [6.07, 6.45) is 0.0546. The summed E-state index contributed by atoms with van der Waals surface area (Å²) in [6.45, 7) is -0.00614. The van der Waals surface area contributed by atoms with Crippen LogP contribution in [0.4, 0.5) is 5.69 Å². The number of amides is 1. The number of benzene rings is 2. The van der Waals surface area contributed by atoms with Crippen molar-refractivity contribution < 1.29 is 24.3 Å². The molecule has 1 heterocycles. The van der Waals surface area contributed by atoms with Gasteiger partial charge in [-0.3, -0.25) is 14.9 Å². The summed E-state index contributed by atoms with van der Waals surface area (Å²) in [4.78, 5) is 22.1. The van der Waals surface area contributed by atoms with Crippen molar-refractivity contribution in [1.82, 2.24) is 5.43 Å². The van der Waals surface area contributed by atoms with Crippen molar-refractivity contribution in [3.8, 4) is 17.2 Å². The number of nitrogens with zero attached hydrogens (tertiary/aromatic N) is 2. The number of para-hydroxylation sites is 2. The zero-order chi connectivity index (χ0) is 18.7. The Hall–Kier alpha value is -3.33. The van der Waals surface area contributed by atoms with Crippen molar-refractivity contribution in [2.75, 3.05) is 6.61 Å². The number of hydrazone groups is 1. The zero-order valence-corrected chi connectivity index (χ0v) is 13.8. The topological polar surface area (TPSA) is 126 Å². The molecule has 26 heavy (non-hydrogen) atoms. The van der Waals surface area contributed by atoms with Gasteiger partial charge in [0.05, 0.1) is 11.1 Å². The summed E-state index contributed by atoms with van der Waals surface area (Å²) < 4.78 is 10.9. The maximum absolute atomic E-state index is 12.1. The molecule has 0 radical (unpaired) electrons. The lowest BCUT2D eigenvalue weighted by Crippen LogP contribution is -2.42. The maximum atomic E-state index is 12.1. The first-order valence-electron chi connectivity index (χ1n) is 7.32. The van der Waals surface area contributed by atoms with Gasteiger partial charge in [0, 0.05) is 11.1 Å². The Morgan fingerprint density at radius 1 is 1.35 bits per heavy atom. The van der Waals surface area contributed by atoms with Gasteiger partial charge in [-0.1, -0.05) is 23.7 Å². The highest BCUT2D eigenvalue weighted by Crippen LogP contribution is 2.31. The first-order chi connectivity index (χ1) is 12.5. The molecule has 1 atom stereocenters. The van der Waals surface area contributed by atoms with Crippen LogP contribution < -0.4 is 20.0 Å². The van der Waals surface area contributed by atoms with Crippen LogP contribution in [0.2, 0.25) is 5.02 Å². The molecule has 0 saturated carbocycles. The predicted octanol–water partition coefficient (Wildman–Crippen LogP) is 1.61. The minimum Gasteiger partial charge on any atom is -0.867 e. The molecule has 0 bridgehead atoms. The number of carbonyl (C=O) groups excluding carboxylic acids is 1. The van der Waals surface area contributed by atoms with Gasteiger partial charge in [0.2, 0.25) is 6.10 Å². The number of nitro benzene ring substituents is 1. The minimum absolute atomic E-state index is 0.00435. The molecule has 0 aliphatic carbocycles. The molecule has 2 aromatic carbocycles. The number of ether oxygens (including phenoxy) is 2. The molecule has 0 unspecified atom stereocenters. The third kappa shape index (κ3) is 3.67. The summed E-state index contributed by atoms with van der Waals surface area (Å²) >= 11 is 5.75. The van der Waals surface area contributed by atoms with Gasteiger partial charge in [-0.2, -0.15) is 5.10 Å². The van der Waals surface area contributed by atoms with Crippen LogP contribution in [0.3, 0.4) is 0 Å². The minimum atomic E-state index is -0.928. The largest absolute Gasteiger partial charge is 0.867 e. The highest BCUT2D eigenvalue weighted by molar-refractivity contribution is 6.31. The Morgan fingerprint density at radius 3 is 2.81 bits per heavy atom. The molecule has 2 aromatic rings. The fourth-order valence-electron chi connectivity index (χ4n) is 2.22. The molecule has 0 fully saturated rings. The number of nitrogens with one attached hydrogen (secondary N) is 1. The number of hydrogen-bond acceptors (Lipinski definition) is 7. The second-order valence-electron chi connectivity index (χ2n) is 5.20. The van der Waals surface area contributed by atoms with E-state index < -0.39 is 28.4 Å². The molecular weight excluding hydrogens is 366 g/mol. The van der Waals surface area contributed by atoms with E-state index in [2.05, 4.69) is 10.5 Å². The molecule has 1 N–H and O–H groups in total. The third-order valence-corrected chi connectivity index (χ3v) is 3.66. The van der Waals surface area contributed by atoms with Crippen molar-refractivity contribution in [2.45, 2.75) is 6.10 Å². The van der Waals surface area contributed by atoms with Gasteiger partial charge in [0.1, 0.15) is 6.61 Å². The van der Waals surface area contributed by atoms with E-state index in [1.54, 1.807) is 24.3 Å². The van der Waals surface area contributed by atoms with E-state index in [-0.39, 0.29) is 17.2 Å². The molecule has 1 amide bonds. The van der Waals surface area contributed by atoms with Crippen molar-refractivity contribution in [1.29, 1.82) is 0 Å². The summed E-state index contributed by atoms with van der Waals surface area (Å²) in [5.74, 6) is -0.499. The second-order valence-corrected chi connectivity index (χ2v) is 5.64. The van der Waals surface area contributed by atoms with Gasteiger partial charge < -0.3 is 14.6 Å². The fraction of sp³-hybridized carbons (Fsp3) is 0.125. The van der Waals surface area contributed by atoms with Crippen LogP contribution in [0.5, 0.6) is 17.2 Å². The van der Waals surface area contributed by atoms with Crippen LogP contribution in [0, 0.1) is 10.1 Å². The summed E-state index contributed by atoms with van der Waals surface area (Å²) in [7, 11) is 0. The molecule has 1 aliphatic heterocycles. The van der Waals surface area contributed by atoms with E-state index in [1.165, 1.54) is 6.07 Å². The lowest BCUT2D eigenvalue weighted by molar-refractivity contribution is -0.398. The summed E-state index contributed by atoms with van der Waals surface area (Å²) in [6, 6.07) is 9.05. The molecular formula is C16H11ClN3O6-. The number of nitro groups is 1. The summed E-state index contributed by atoms with van der Waals surface area (Å²) in [5.41, 5.74) is 1.40. The molecule has 0 aromatic heterocycles. The Balaban J connectivity index is 1.68. The molecule has 10 heteroatoms. The van der Waals surface area contributed by atoms with E-state index in [1.807, 2.05) is 0 Å². The summed E-state index contributed by atoms with van der Waals surface area (Å²) in [5, 5.41) is 26.4. The van der Waals surface area contributed by atoms with Crippen LogP contribution in [0.25, 0.3) is 0 Å². The van der Waals surface area contributed by atoms with E-state index in [4.69, 9.17) is 21.1 Å². The maximum Gasteiger partial charge on any atom is 0.284 e. The van der Waals surface area contributed by atoms with Gasteiger partial charge in [0.25, 0.3) is 11.6 Å². The van der Waals surface area contributed by atoms with Crippen molar-refractivity contribution in [3.05, 3.63) is 57.1 Å². The van der Waals surface area contributed by atoms with Crippen LogP contribution in [0.1, 0.15) is 5.56 Å². The quantitative estimate of drug-likeness (QED) is 0.490. The lowest BCUT2D eigenvalue weighted by atomic mass is 10.2. The monoisotopic (exact) mass is 376 g/mol. The average Bonchev–Trinajstić information content (AvgIpc) is 2.63. The van der Waals surface area contributed by atoms with Crippen molar-refractivity contribution >= 4 is 29.4 Å². The van der Waals surface area contributed by atoms with Gasteiger partial charge in [-0.15, -0.1) is 0 Å². The SMILES string of the molecule is O=C(N/N=C\c1cc(Cl)cc([N+](=O)[O-])c1[O-])[C@H]1COc2ccccc2O1. The molecule has 134 valence electrons. The van der Waals surface area contributed by atoms with Crippen LogP contribution in [0.15, 0.2) is 41.5 Å². The Labute approximate surface area is 151 Å². The smallest absolute Gasteiger partial charge is 0.284 e. The average molecular weight is 377 g/mol. The molecule has 9 nitrogen and oxygen atoms in total. The number of fused-ring (bicyclic) bond motifs is 1. The Morgan fingerprint density at radius 2 is 2.08 bits per heavy atom. The number of hydrogen-bond donors (Lipinski definition) is 1. The highest BCUT2D eigenvalue weighted by atomic mass is 35.5. The third-order valence-electron chi connectivity index (χ3n) is 3.44. The van der Waals surface area contributed by atoms with Crippen LogP contribution >= 0.6 is 11.6 Å². The van der Waals surface area contributed by atoms with E-state index >= 15 is 0 Å². The van der Waals surface area contributed by atoms with Gasteiger partial charge in [-0.25, -0.2) is 5.43 Å². The van der Waals surface area contributed by atoms with E-state index in [0.717, 1.165) is 12.3 Å². The van der Waals surface area contributed by atoms with Gasteiger partial charge >= 0.3 is 0 Å². The van der Waals surface area contributed by atoms with E-state index in [0.29, 0.717) is 11.5 Å². The fourth-order valence-corrected chi connectivity index (χ4v) is 2.44. The normalized spacial score (nSPS) is 15.7. The molecule has 0 spiro atoms. The first-order valence-corrected chi connectivity index (χ1v) is 7.70. The molecule has 1 aliphatic rings. The first kappa shape index (κ1) is 17.5. The second kappa shape index (κ2) is 7.28. The Kier molecular flexibility index (Phi) is 4.90. The zero-order valence-electron chi connectivity index (χ0n) is 13.0.